The Bertz CT molecular complexity index is 1390. The van der Waals surface area contributed by atoms with Crippen LogP contribution in [0.5, 0.6) is 0 Å². The minimum atomic E-state index is -3.75. The summed E-state index contributed by atoms with van der Waals surface area (Å²) in [7, 11) is -3.75. The molecule has 2 atom stereocenters. The smallest absolute Gasteiger partial charge is 0.411 e. The Kier molecular flexibility index (Phi) is 8.42. The highest BCUT2D eigenvalue weighted by Gasteiger charge is 2.37. The number of rotatable bonds is 9. The van der Waals surface area contributed by atoms with Gasteiger partial charge in [-0.3, -0.25) is 9.69 Å². The molecular formula is C28H28N2O7S. The predicted molar refractivity (Wildman–Crippen MR) is 139 cm³/mol. The maximum absolute atomic E-state index is 13.3. The molecule has 3 aromatic carbocycles. The van der Waals surface area contributed by atoms with Crippen LogP contribution in [0.1, 0.15) is 23.1 Å². The molecule has 2 amide bonds. The number of nitrogens with one attached hydrogen (secondary N) is 1. The Morgan fingerprint density at radius 1 is 0.921 bits per heavy atom. The maximum atomic E-state index is 13.3. The van der Waals surface area contributed by atoms with Gasteiger partial charge in [0.25, 0.3) is 0 Å². The molecule has 9 nitrogen and oxygen atoms in total. The number of benzene rings is 3. The van der Waals surface area contributed by atoms with Crippen molar-refractivity contribution in [2.75, 3.05) is 5.75 Å². The van der Waals surface area contributed by atoms with Gasteiger partial charge in [-0.2, -0.15) is 0 Å². The first-order valence-electron chi connectivity index (χ1n) is 12.1. The highest BCUT2D eigenvalue weighted by Crippen LogP contribution is 2.25. The van der Waals surface area contributed by atoms with E-state index in [1.165, 1.54) is 17.0 Å². The third-order valence-electron chi connectivity index (χ3n) is 6.38. The summed E-state index contributed by atoms with van der Waals surface area (Å²) >= 11 is 0. The zero-order chi connectivity index (χ0) is 27.1. The lowest BCUT2D eigenvalue weighted by molar-refractivity contribution is -0.142. The molecule has 198 valence electrons. The largest absolute Gasteiger partial charge is 0.480 e. The standard InChI is InChI=1S/C28H28N2O7S/c31-26(29-24(27(32)33)15-16-38(35,36)23-13-5-2-6-14-23)25-17-21-11-7-8-12-22(21)18-30(25)28(34)37-19-20-9-3-1-4-10-20/h1-14,24-25H,15-19H2,(H,29,31)(H,32,33)/t24-,25-/m0/s1. The van der Waals surface area contributed by atoms with Crippen LogP contribution in [0.3, 0.4) is 0 Å². The number of carboxylic acid groups (broad SMARTS) is 1. The van der Waals surface area contributed by atoms with Crippen LogP contribution in [0.2, 0.25) is 0 Å². The lowest BCUT2D eigenvalue weighted by Gasteiger charge is -2.35. The molecule has 0 unspecified atom stereocenters. The van der Waals surface area contributed by atoms with Gasteiger partial charge in [0.05, 0.1) is 17.2 Å². The molecule has 1 heterocycles. The lowest BCUT2D eigenvalue weighted by atomic mass is 9.93. The van der Waals surface area contributed by atoms with Crippen molar-refractivity contribution in [3.63, 3.8) is 0 Å². The summed E-state index contributed by atoms with van der Waals surface area (Å²) < 4.78 is 30.7. The molecule has 38 heavy (non-hydrogen) atoms. The molecule has 2 N–H and O–H groups in total. The third-order valence-corrected chi connectivity index (χ3v) is 8.15. The van der Waals surface area contributed by atoms with Gasteiger partial charge in [0.15, 0.2) is 9.84 Å². The number of sulfone groups is 1. The highest BCUT2D eigenvalue weighted by atomic mass is 32.2. The van der Waals surface area contributed by atoms with Crippen molar-refractivity contribution in [2.24, 2.45) is 0 Å². The van der Waals surface area contributed by atoms with Crippen LogP contribution in [0.25, 0.3) is 0 Å². The number of nitrogens with zero attached hydrogens (tertiary/aromatic N) is 1. The van der Waals surface area contributed by atoms with Crippen molar-refractivity contribution in [2.45, 2.75) is 43.0 Å². The number of hydrogen-bond donors (Lipinski definition) is 2. The lowest BCUT2D eigenvalue weighted by Crippen LogP contribution is -2.55. The first-order chi connectivity index (χ1) is 18.2. The number of hydrogen-bond acceptors (Lipinski definition) is 6. The number of aliphatic carboxylic acids is 1. The second-order valence-electron chi connectivity index (χ2n) is 8.98. The topological polar surface area (TPSA) is 130 Å². The number of fused-ring (bicyclic) bond motifs is 1. The van der Waals surface area contributed by atoms with Gasteiger partial charge in [-0.15, -0.1) is 0 Å². The van der Waals surface area contributed by atoms with Gasteiger partial charge in [-0.25, -0.2) is 18.0 Å². The molecular weight excluding hydrogens is 508 g/mol. The number of amides is 2. The maximum Gasteiger partial charge on any atom is 0.411 e. The van der Waals surface area contributed by atoms with Gasteiger partial charge in [-0.05, 0) is 35.2 Å². The molecule has 4 rings (SSSR count). The van der Waals surface area contributed by atoms with Crippen LogP contribution < -0.4 is 5.32 Å². The van der Waals surface area contributed by atoms with Crippen LogP contribution in [0.15, 0.2) is 89.8 Å². The Balaban J connectivity index is 1.48. The van der Waals surface area contributed by atoms with E-state index in [9.17, 15) is 27.9 Å². The Morgan fingerprint density at radius 3 is 2.18 bits per heavy atom. The van der Waals surface area contributed by atoms with Crippen molar-refractivity contribution in [1.29, 1.82) is 0 Å². The van der Waals surface area contributed by atoms with E-state index >= 15 is 0 Å². The molecule has 3 aromatic rings. The molecule has 0 saturated heterocycles. The first-order valence-corrected chi connectivity index (χ1v) is 13.7. The van der Waals surface area contributed by atoms with Crippen molar-refractivity contribution in [1.82, 2.24) is 10.2 Å². The molecule has 0 spiro atoms. The summed E-state index contributed by atoms with van der Waals surface area (Å²) in [6.45, 7) is 0.128. The fourth-order valence-electron chi connectivity index (χ4n) is 4.30. The molecule has 0 aromatic heterocycles. The Morgan fingerprint density at radius 2 is 1.53 bits per heavy atom. The van der Waals surface area contributed by atoms with Gasteiger partial charge < -0.3 is 15.2 Å². The number of carboxylic acids is 1. The molecule has 0 saturated carbocycles. The van der Waals surface area contributed by atoms with E-state index in [0.29, 0.717) is 0 Å². The molecule has 1 aliphatic rings. The molecule has 1 aliphatic heterocycles. The van der Waals surface area contributed by atoms with Gasteiger partial charge in [0.2, 0.25) is 5.91 Å². The normalized spacial score (nSPS) is 15.7. The summed E-state index contributed by atoms with van der Waals surface area (Å²) in [5.74, 6) is -2.53. The van der Waals surface area contributed by atoms with Crippen molar-refractivity contribution >= 4 is 27.8 Å². The van der Waals surface area contributed by atoms with E-state index in [1.807, 2.05) is 54.6 Å². The molecule has 10 heteroatoms. The van der Waals surface area contributed by atoms with Crippen molar-refractivity contribution in [3.8, 4) is 0 Å². The summed E-state index contributed by atoms with van der Waals surface area (Å²) in [5, 5.41) is 12.2. The van der Waals surface area contributed by atoms with Crippen LogP contribution in [-0.2, 0) is 43.7 Å². The van der Waals surface area contributed by atoms with E-state index < -0.39 is 45.6 Å². The quantitative estimate of drug-likeness (QED) is 0.430. The fourth-order valence-corrected chi connectivity index (χ4v) is 5.65. The van der Waals surface area contributed by atoms with Gasteiger partial charge in [0.1, 0.15) is 18.7 Å². The van der Waals surface area contributed by atoms with Crippen LogP contribution in [0.4, 0.5) is 4.79 Å². The molecule has 0 fully saturated rings. The predicted octanol–water partition coefficient (Wildman–Crippen LogP) is 3.18. The zero-order valence-corrected chi connectivity index (χ0v) is 21.3. The minimum Gasteiger partial charge on any atom is -0.480 e. The molecule has 0 bridgehead atoms. The summed E-state index contributed by atoms with van der Waals surface area (Å²) in [6, 6.07) is 21.7. The number of carbonyl (C=O) groups is 3. The van der Waals surface area contributed by atoms with Gasteiger partial charge >= 0.3 is 12.1 Å². The monoisotopic (exact) mass is 536 g/mol. The minimum absolute atomic E-state index is 0.0151. The number of carbonyl (C=O) groups excluding carboxylic acids is 2. The zero-order valence-electron chi connectivity index (χ0n) is 20.5. The Labute approximate surface area is 221 Å². The van der Waals surface area contributed by atoms with Crippen LogP contribution in [-0.4, -0.2) is 54.2 Å². The van der Waals surface area contributed by atoms with Crippen molar-refractivity contribution in [3.05, 3.63) is 102 Å². The van der Waals surface area contributed by atoms with Crippen LogP contribution >= 0.6 is 0 Å². The summed E-state index contributed by atoms with van der Waals surface area (Å²) in [5.41, 5.74) is 2.50. The van der Waals surface area contributed by atoms with Gasteiger partial charge in [0, 0.05) is 6.42 Å². The Hall–Kier alpha value is -4.18. The average molecular weight is 537 g/mol. The summed E-state index contributed by atoms with van der Waals surface area (Å²) in [6.07, 6.45) is -0.876. The van der Waals surface area contributed by atoms with E-state index in [0.717, 1.165) is 16.7 Å². The van der Waals surface area contributed by atoms with E-state index in [1.54, 1.807) is 18.2 Å². The SMILES string of the molecule is O=C(O)[C@H](CCS(=O)(=O)c1ccccc1)NC(=O)[C@@H]1Cc2ccccc2CN1C(=O)OCc1ccccc1. The summed E-state index contributed by atoms with van der Waals surface area (Å²) in [4.78, 5) is 39.7. The first kappa shape index (κ1) is 26.9. The highest BCUT2D eigenvalue weighted by molar-refractivity contribution is 7.91. The van der Waals surface area contributed by atoms with E-state index in [4.69, 9.17) is 4.74 Å². The molecule has 0 aliphatic carbocycles. The van der Waals surface area contributed by atoms with Crippen LogP contribution in [0, 0.1) is 0 Å². The second-order valence-corrected chi connectivity index (χ2v) is 11.1. The van der Waals surface area contributed by atoms with E-state index in [-0.39, 0.29) is 30.9 Å². The van der Waals surface area contributed by atoms with E-state index in [2.05, 4.69) is 5.32 Å². The third kappa shape index (κ3) is 6.57. The van der Waals surface area contributed by atoms with Gasteiger partial charge in [-0.1, -0.05) is 72.8 Å². The van der Waals surface area contributed by atoms with Crippen molar-refractivity contribution < 1.29 is 32.6 Å². The molecule has 0 radical (unpaired) electrons. The number of ether oxygens (including phenoxy) is 1. The fraction of sp³-hybridized carbons (Fsp3) is 0.250. The second kappa shape index (κ2) is 11.9. The average Bonchev–Trinajstić information content (AvgIpc) is 2.94.